The van der Waals surface area contributed by atoms with E-state index in [4.69, 9.17) is 4.74 Å². The van der Waals surface area contributed by atoms with E-state index in [2.05, 4.69) is 0 Å². The first kappa shape index (κ1) is 25.8. The van der Waals surface area contributed by atoms with Gasteiger partial charge in [0.05, 0.1) is 0 Å². The van der Waals surface area contributed by atoms with Gasteiger partial charge in [0.25, 0.3) is 0 Å². The molecule has 6 heteroatoms. The Bertz CT molecular complexity index is 337. The van der Waals surface area contributed by atoms with E-state index in [1.165, 1.54) is 0 Å². The van der Waals surface area contributed by atoms with Crippen molar-refractivity contribution >= 4 is 0 Å². The standard InChI is InChI=1S/C12H10O.Na.4H2O.H/c1-3-7-11(8-4-1)13-12-9-5-2-6-10-12;;;;;;/h1-10H;;4*1H2;/q;+1;;;;;-1. The summed E-state index contributed by atoms with van der Waals surface area (Å²) < 4.78 is 5.58. The minimum Gasteiger partial charge on any atom is -1.00 e. The van der Waals surface area contributed by atoms with Gasteiger partial charge in [-0.2, -0.15) is 0 Å². The van der Waals surface area contributed by atoms with Gasteiger partial charge in [0, 0.05) is 0 Å². The maximum Gasteiger partial charge on any atom is 1.00 e. The van der Waals surface area contributed by atoms with Crippen LogP contribution in [0.5, 0.6) is 11.5 Å². The molecule has 0 fully saturated rings. The first-order valence-corrected chi connectivity index (χ1v) is 4.23. The molecule has 5 nitrogen and oxygen atoms in total. The molecule has 0 bridgehead atoms. The zero-order chi connectivity index (χ0) is 8.93. The van der Waals surface area contributed by atoms with Crippen LogP contribution in [0.25, 0.3) is 0 Å². The van der Waals surface area contributed by atoms with Crippen LogP contribution in [0.1, 0.15) is 1.43 Å². The van der Waals surface area contributed by atoms with Gasteiger partial charge in [-0.25, -0.2) is 0 Å². The molecule has 0 saturated heterocycles. The SMILES string of the molecule is O.O.O.O.[H-].[Na+].c1ccc(Oc2ccccc2)cc1. The molecule has 2 rings (SSSR count). The Morgan fingerprint density at radius 3 is 1.11 bits per heavy atom. The van der Waals surface area contributed by atoms with Crippen LogP contribution in [0.15, 0.2) is 60.7 Å². The molecule has 2 aromatic rings. The molecule has 8 N–H and O–H groups in total. The summed E-state index contributed by atoms with van der Waals surface area (Å²) >= 11 is 0. The summed E-state index contributed by atoms with van der Waals surface area (Å²) in [6.07, 6.45) is 0. The number of ether oxygens (including phenoxy) is 1. The summed E-state index contributed by atoms with van der Waals surface area (Å²) in [5.41, 5.74) is 0. The van der Waals surface area contributed by atoms with Crippen molar-refractivity contribution in [3.8, 4) is 11.5 Å². The molecule has 0 aliphatic heterocycles. The molecule has 0 spiro atoms. The van der Waals surface area contributed by atoms with Gasteiger partial charge in [-0.05, 0) is 24.3 Å². The Balaban J connectivity index is -0.000000109. The summed E-state index contributed by atoms with van der Waals surface area (Å²) in [6, 6.07) is 19.5. The van der Waals surface area contributed by atoms with Crippen molar-refractivity contribution < 1.29 is 57.6 Å². The fourth-order valence-electron chi connectivity index (χ4n) is 1.11. The second-order valence-electron chi connectivity index (χ2n) is 2.73. The number of rotatable bonds is 2. The van der Waals surface area contributed by atoms with Crippen LogP contribution in [-0.4, -0.2) is 21.9 Å². The number of benzene rings is 2. The Morgan fingerprint density at radius 1 is 0.556 bits per heavy atom. The monoisotopic (exact) mass is 266 g/mol. The van der Waals surface area contributed by atoms with Gasteiger partial charge < -0.3 is 28.1 Å². The van der Waals surface area contributed by atoms with E-state index >= 15 is 0 Å². The molecule has 0 aliphatic rings. The normalized spacial score (nSPS) is 6.89. The van der Waals surface area contributed by atoms with Crippen LogP contribution in [0.2, 0.25) is 0 Å². The minimum absolute atomic E-state index is 0. The van der Waals surface area contributed by atoms with E-state index in [1.807, 2.05) is 60.7 Å². The zero-order valence-corrected chi connectivity index (χ0v) is 12.2. The van der Waals surface area contributed by atoms with Crippen LogP contribution in [0.3, 0.4) is 0 Å². The number of hydrogen-bond acceptors (Lipinski definition) is 1. The van der Waals surface area contributed by atoms with E-state index in [1.54, 1.807) is 0 Å². The third-order valence-corrected chi connectivity index (χ3v) is 1.72. The molecule has 0 aliphatic carbocycles. The van der Waals surface area contributed by atoms with E-state index in [0.29, 0.717) is 0 Å². The first-order chi connectivity index (χ1) is 6.45. The van der Waals surface area contributed by atoms with E-state index < -0.39 is 0 Å². The average Bonchev–Trinajstić information content (AvgIpc) is 2.21. The van der Waals surface area contributed by atoms with Crippen molar-refractivity contribution in [2.75, 3.05) is 0 Å². The smallest absolute Gasteiger partial charge is 1.00 e. The molecule has 0 unspecified atom stereocenters. The van der Waals surface area contributed by atoms with Crippen molar-refractivity contribution in [2.45, 2.75) is 0 Å². The summed E-state index contributed by atoms with van der Waals surface area (Å²) in [6.45, 7) is 0. The fourth-order valence-corrected chi connectivity index (χ4v) is 1.11. The molecular weight excluding hydrogens is 247 g/mol. The maximum absolute atomic E-state index is 5.58. The van der Waals surface area contributed by atoms with Crippen molar-refractivity contribution in [1.29, 1.82) is 0 Å². The molecule has 0 atom stereocenters. The first-order valence-electron chi connectivity index (χ1n) is 4.23. The molecule has 98 valence electrons. The molecule has 0 saturated carbocycles. The molecule has 0 aromatic heterocycles. The molecule has 0 heterocycles. The molecule has 0 amide bonds. The third kappa shape index (κ3) is 8.21. The zero-order valence-electron chi connectivity index (χ0n) is 11.2. The van der Waals surface area contributed by atoms with Gasteiger partial charge in [0.1, 0.15) is 11.5 Å². The maximum atomic E-state index is 5.58. The van der Waals surface area contributed by atoms with Gasteiger partial charge in [-0.3, -0.25) is 0 Å². The van der Waals surface area contributed by atoms with Gasteiger partial charge >= 0.3 is 29.6 Å². The Kier molecular flexibility index (Phi) is 20.3. The van der Waals surface area contributed by atoms with Gasteiger partial charge in [0.15, 0.2) is 0 Å². The van der Waals surface area contributed by atoms with Gasteiger partial charge in [-0.15, -0.1) is 0 Å². The van der Waals surface area contributed by atoms with Crippen molar-refractivity contribution in [3.63, 3.8) is 0 Å². The summed E-state index contributed by atoms with van der Waals surface area (Å²) in [4.78, 5) is 0. The predicted molar refractivity (Wildman–Crippen MR) is 68.5 cm³/mol. The van der Waals surface area contributed by atoms with Gasteiger partial charge in [0.2, 0.25) is 0 Å². The average molecular weight is 266 g/mol. The third-order valence-electron chi connectivity index (χ3n) is 1.72. The second kappa shape index (κ2) is 14.1. The van der Waals surface area contributed by atoms with Crippen LogP contribution in [0, 0.1) is 0 Å². The van der Waals surface area contributed by atoms with Crippen LogP contribution < -0.4 is 34.3 Å². The topological polar surface area (TPSA) is 135 Å². The summed E-state index contributed by atoms with van der Waals surface area (Å²) in [5.74, 6) is 1.74. The molecule has 0 radical (unpaired) electrons. The van der Waals surface area contributed by atoms with Crippen molar-refractivity contribution in [3.05, 3.63) is 60.7 Å². The van der Waals surface area contributed by atoms with Crippen molar-refractivity contribution in [1.82, 2.24) is 0 Å². The minimum atomic E-state index is 0. The number of hydrogen-bond donors (Lipinski definition) is 0. The Labute approximate surface area is 129 Å². The van der Waals surface area contributed by atoms with Crippen molar-refractivity contribution in [2.24, 2.45) is 0 Å². The largest absolute Gasteiger partial charge is 1.00 e. The van der Waals surface area contributed by atoms with E-state index in [9.17, 15) is 0 Å². The number of para-hydroxylation sites is 2. The second-order valence-corrected chi connectivity index (χ2v) is 2.73. The van der Waals surface area contributed by atoms with Gasteiger partial charge in [-0.1, -0.05) is 36.4 Å². The van der Waals surface area contributed by atoms with Crippen LogP contribution in [-0.2, 0) is 0 Å². The van der Waals surface area contributed by atoms with Crippen LogP contribution in [0.4, 0.5) is 0 Å². The Morgan fingerprint density at radius 2 is 0.833 bits per heavy atom. The molecule has 2 aromatic carbocycles. The molecular formula is C12H19NaO5. The van der Waals surface area contributed by atoms with E-state index in [-0.39, 0.29) is 52.9 Å². The summed E-state index contributed by atoms with van der Waals surface area (Å²) in [7, 11) is 0. The van der Waals surface area contributed by atoms with E-state index in [0.717, 1.165) is 11.5 Å². The predicted octanol–water partition coefficient (Wildman–Crippen LogP) is -2.70. The molecule has 18 heavy (non-hydrogen) atoms. The summed E-state index contributed by atoms with van der Waals surface area (Å²) in [5, 5.41) is 0. The van der Waals surface area contributed by atoms with Crippen LogP contribution >= 0.6 is 0 Å². The quantitative estimate of drug-likeness (QED) is 0.537. The Hall–Kier alpha value is -0.920. The fraction of sp³-hybridized carbons (Fsp3) is 0.